The van der Waals surface area contributed by atoms with Crippen molar-refractivity contribution in [1.29, 1.82) is 0 Å². The number of nitrogens with one attached hydrogen (secondary N) is 1. The van der Waals surface area contributed by atoms with Gasteiger partial charge in [0.2, 0.25) is 5.91 Å². The number of hydrazine groups is 1. The molecule has 2 rings (SSSR count). The van der Waals surface area contributed by atoms with E-state index in [2.05, 4.69) is 5.43 Å². The van der Waals surface area contributed by atoms with E-state index in [9.17, 15) is 4.79 Å². The summed E-state index contributed by atoms with van der Waals surface area (Å²) < 4.78 is 5.34. The Hall–Kier alpha value is -1.98. The second-order valence-electron chi connectivity index (χ2n) is 4.45. The topological polar surface area (TPSA) is 64.3 Å². The summed E-state index contributed by atoms with van der Waals surface area (Å²) in [6.07, 6.45) is 0.291. The van der Waals surface area contributed by atoms with Crippen LogP contribution in [0.25, 0.3) is 0 Å². The summed E-state index contributed by atoms with van der Waals surface area (Å²) >= 11 is 1.69. The quantitative estimate of drug-likeness (QED) is 0.372. The molecule has 0 unspecified atom stereocenters. The summed E-state index contributed by atoms with van der Waals surface area (Å²) in [6.45, 7) is 0. The third-order valence-corrected chi connectivity index (χ3v) is 4.19. The Labute approximate surface area is 128 Å². The van der Waals surface area contributed by atoms with Crippen molar-refractivity contribution in [1.82, 2.24) is 5.43 Å². The molecule has 0 spiro atoms. The molecule has 4 nitrogen and oxygen atoms in total. The Morgan fingerprint density at radius 2 is 1.81 bits per heavy atom. The van der Waals surface area contributed by atoms with Gasteiger partial charge in [0.1, 0.15) is 5.75 Å². The van der Waals surface area contributed by atoms with E-state index in [1.807, 2.05) is 48.5 Å². The molecule has 2 aromatic carbocycles. The molecule has 0 aliphatic heterocycles. The van der Waals surface area contributed by atoms with Crippen LogP contribution in [0.15, 0.2) is 53.4 Å². The van der Waals surface area contributed by atoms with Crippen molar-refractivity contribution >= 4 is 17.7 Å². The smallest absolute Gasteiger partial charge is 0.238 e. The predicted molar refractivity (Wildman–Crippen MR) is 85.0 cm³/mol. The highest BCUT2D eigenvalue weighted by molar-refractivity contribution is 7.98. The van der Waals surface area contributed by atoms with Crippen LogP contribution in [0.4, 0.5) is 0 Å². The number of methoxy groups -OCH3 is 1. The van der Waals surface area contributed by atoms with E-state index < -0.39 is 0 Å². The zero-order valence-electron chi connectivity index (χ0n) is 11.8. The molecule has 21 heavy (non-hydrogen) atoms. The van der Waals surface area contributed by atoms with Gasteiger partial charge in [-0.05, 0) is 23.3 Å². The van der Waals surface area contributed by atoms with E-state index in [-0.39, 0.29) is 5.91 Å². The van der Waals surface area contributed by atoms with Gasteiger partial charge in [0.25, 0.3) is 0 Å². The van der Waals surface area contributed by atoms with Crippen LogP contribution in [0.1, 0.15) is 11.1 Å². The Morgan fingerprint density at radius 3 is 2.52 bits per heavy atom. The highest BCUT2D eigenvalue weighted by atomic mass is 32.2. The third-order valence-electron chi connectivity index (χ3n) is 3.08. The molecule has 0 saturated heterocycles. The van der Waals surface area contributed by atoms with Crippen LogP contribution in [-0.4, -0.2) is 13.0 Å². The molecule has 0 saturated carbocycles. The number of hydrogen-bond donors (Lipinski definition) is 2. The van der Waals surface area contributed by atoms with Crippen molar-refractivity contribution < 1.29 is 9.53 Å². The molecule has 0 radical (unpaired) electrons. The number of thioether (sulfide) groups is 1. The molecular formula is C16H18N2O2S. The fourth-order valence-electron chi connectivity index (χ4n) is 1.99. The van der Waals surface area contributed by atoms with E-state index in [0.717, 1.165) is 27.5 Å². The van der Waals surface area contributed by atoms with Crippen molar-refractivity contribution in [2.45, 2.75) is 17.1 Å². The third kappa shape index (κ3) is 4.24. The number of carbonyl (C=O) groups excluding carboxylic acids is 1. The standard InChI is InChI=1S/C16H18N2O2S/c1-20-14-8-4-5-9-15(14)21-11-13-7-3-2-6-12(13)10-16(19)18-17/h2-9H,10-11,17H2,1H3,(H,18,19). The lowest BCUT2D eigenvalue weighted by molar-refractivity contribution is -0.120. The Bertz CT molecular complexity index is 617. The van der Waals surface area contributed by atoms with Crippen LogP contribution in [-0.2, 0) is 17.0 Å². The number of nitrogens with two attached hydrogens (primary N) is 1. The molecule has 1 amide bonds. The molecule has 0 aromatic heterocycles. The second-order valence-corrected chi connectivity index (χ2v) is 5.47. The normalized spacial score (nSPS) is 10.2. The maximum atomic E-state index is 11.4. The molecule has 2 aromatic rings. The SMILES string of the molecule is COc1ccccc1SCc1ccccc1CC(=O)NN. The van der Waals surface area contributed by atoms with Gasteiger partial charge in [0.05, 0.1) is 13.5 Å². The summed E-state index contributed by atoms with van der Waals surface area (Å²) in [5.41, 5.74) is 4.28. The molecule has 0 bridgehead atoms. The minimum absolute atomic E-state index is 0.190. The Kier molecular flexibility index (Phi) is 5.66. The lowest BCUT2D eigenvalue weighted by Gasteiger charge is -2.10. The number of hydrogen-bond acceptors (Lipinski definition) is 4. The molecule has 0 atom stereocenters. The van der Waals surface area contributed by atoms with Crippen molar-refractivity contribution in [2.75, 3.05) is 7.11 Å². The van der Waals surface area contributed by atoms with Crippen LogP contribution >= 0.6 is 11.8 Å². The zero-order valence-corrected chi connectivity index (χ0v) is 12.7. The van der Waals surface area contributed by atoms with E-state index in [1.165, 1.54) is 0 Å². The van der Waals surface area contributed by atoms with Crippen molar-refractivity contribution in [3.05, 3.63) is 59.7 Å². The first-order chi connectivity index (χ1) is 10.2. The van der Waals surface area contributed by atoms with Gasteiger partial charge in [-0.3, -0.25) is 10.2 Å². The van der Waals surface area contributed by atoms with Gasteiger partial charge in [-0.25, -0.2) is 5.84 Å². The van der Waals surface area contributed by atoms with Crippen molar-refractivity contribution in [2.24, 2.45) is 5.84 Å². The molecule has 0 aliphatic rings. The lowest BCUT2D eigenvalue weighted by atomic mass is 10.1. The first kappa shape index (κ1) is 15.4. The summed E-state index contributed by atoms with van der Waals surface area (Å²) in [7, 11) is 1.67. The molecular weight excluding hydrogens is 284 g/mol. The van der Waals surface area contributed by atoms with Crippen molar-refractivity contribution in [3.63, 3.8) is 0 Å². The monoisotopic (exact) mass is 302 g/mol. The molecule has 5 heteroatoms. The minimum Gasteiger partial charge on any atom is -0.496 e. The number of amides is 1. The largest absolute Gasteiger partial charge is 0.496 e. The van der Waals surface area contributed by atoms with Gasteiger partial charge in [-0.15, -0.1) is 11.8 Å². The van der Waals surface area contributed by atoms with Gasteiger partial charge < -0.3 is 4.74 Å². The number of benzene rings is 2. The summed E-state index contributed by atoms with van der Waals surface area (Å²) in [6, 6.07) is 15.8. The molecule has 0 fully saturated rings. The first-order valence-electron chi connectivity index (χ1n) is 6.56. The van der Waals surface area contributed by atoms with Gasteiger partial charge in [-0.2, -0.15) is 0 Å². The number of rotatable bonds is 6. The summed E-state index contributed by atoms with van der Waals surface area (Å²) in [4.78, 5) is 12.5. The number of para-hydroxylation sites is 1. The molecule has 110 valence electrons. The van der Waals surface area contributed by atoms with Gasteiger partial charge >= 0.3 is 0 Å². The van der Waals surface area contributed by atoms with E-state index in [4.69, 9.17) is 10.6 Å². The van der Waals surface area contributed by atoms with Crippen LogP contribution in [0, 0.1) is 0 Å². The highest BCUT2D eigenvalue weighted by Gasteiger charge is 2.08. The highest BCUT2D eigenvalue weighted by Crippen LogP contribution is 2.31. The van der Waals surface area contributed by atoms with Crippen LogP contribution in [0.2, 0.25) is 0 Å². The van der Waals surface area contributed by atoms with E-state index >= 15 is 0 Å². The van der Waals surface area contributed by atoms with Crippen LogP contribution in [0.3, 0.4) is 0 Å². The molecule has 3 N–H and O–H groups in total. The van der Waals surface area contributed by atoms with Crippen LogP contribution in [0.5, 0.6) is 5.75 Å². The average Bonchev–Trinajstić information content (AvgIpc) is 2.54. The van der Waals surface area contributed by atoms with Gasteiger partial charge in [0.15, 0.2) is 0 Å². The van der Waals surface area contributed by atoms with Gasteiger partial charge in [-0.1, -0.05) is 36.4 Å². The predicted octanol–water partition coefficient (Wildman–Crippen LogP) is 2.52. The molecule has 0 aliphatic carbocycles. The maximum absolute atomic E-state index is 11.4. The summed E-state index contributed by atoms with van der Waals surface area (Å²) in [5.74, 6) is 6.59. The van der Waals surface area contributed by atoms with E-state index in [0.29, 0.717) is 6.42 Å². The summed E-state index contributed by atoms with van der Waals surface area (Å²) in [5, 5.41) is 0. The van der Waals surface area contributed by atoms with Crippen LogP contribution < -0.4 is 16.0 Å². The molecule has 0 heterocycles. The Morgan fingerprint density at radius 1 is 1.14 bits per heavy atom. The second kappa shape index (κ2) is 7.71. The number of ether oxygens (including phenoxy) is 1. The fourth-order valence-corrected chi connectivity index (χ4v) is 3.05. The average molecular weight is 302 g/mol. The Balaban J connectivity index is 2.11. The van der Waals surface area contributed by atoms with Gasteiger partial charge in [0, 0.05) is 10.6 Å². The lowest BCUT2D eigenvalue weighted by Crippen LogP contribution is -2.31. The zero-order chi connectivity index (χ0) is 15.1. The first-order valence-corrected chi connectivity index (χ1v) is 7.55. The van der Waals surface area contributed by atoms with Crippen molar-refractivity contribution in [3.8, 4) is 5.75 Å². The fraction of sp³-hybridized carbons (Fsp3) is 0.188. The number of carbonyl (C=O) groups is 1. The minimum atomic E-state index is -0.190. The maximum Gasteiger partial charge on any atom is 0.238 e. The van der Waals surface area contributed by atoms with E-state index in [1.54, 1.807) is 18.9 Å².